The van der Waals surface area contributed by atoms with E-state index >= 15 is 0 Å². The smallest absolute Gasteiger partial charge is 0.272 e. The first-order valence-corrected chi connectivity index (χ1v) is 10.3. The summed E-state index contributed by atoms with van der Waals surface area (Å²) in [5.74, 6) is 0.428. The Kier molecular flexibility index (Phi) is 6.33. The number of hydrazone groups is 1. The van der Waals surface area contributed by atoms with Gasteiger partial charge < -0.3 is 4.42 Å². The number of amides is 1. The Bertz CT molecular complexity index is 1220. The Morgan fingerprint density at radius 1 is 1.10 bits per heavy atom. The normalized spacial score (nSPS) is 11.5. The molecule has 2 heterocycles. The van der Waals surface area contributed by atoms with E-state index in [-0.39, 0.29) is 5.91 Å². The van der Waals surface area contributed by atoms with Crippen LogP contribution in [0.4, 0.5) is 0 Å². The van der Waals surface area contributed by atoms with Crippen molar-refractivity contribution >= 4 is 29.1 Å². The van der Waals surface area contributed by atoms with Gasteiger partial charge in [0.25, 0.3) is 5.91 Å². The number of furan rings is 1. The number of aryl methyl sites for hydroxylation is 1. The van der Waals surface area contributed by atoms with Crippen LogP contribution in [0.25, 0.3) is 28.2 Å². The van der Waals surface area contributed by atoms with Crippen molar-refractivity contribution in [2.75, 3.05) is 0 Å². The van der Waals surface area contributed by atoms with Crippen LogP contribution in [-0.4, -0.2) is 17.1 Å². The van der Waals surface area contributed by atoms with Gasteiger partial charge in [-0.25, -0.2) is 10.4 Å². The van der Waals surface area contributed by atoms with E-state index in [1.807, 2.05) is 42.5 Å². The predicted molar refractivity (Wildman–Crippen MR) is 125 cm³/mol. The lowest BCUT2D eigenvalue weighted by Gasteiger charge is -2.09. The molecule has 0 fully saturated rings. The molecule has 0 radical (unpaired) electrons. The molecular formula is C26H23N3O2. The molecule has 154 valence electrons. The molecule has 0 saturated carbocycles. The highest BCUT2D eigenvalue weighted by Crippen LogP contribution is 2.25. The molecule has 0 aliphatic rings. The highest BCUT2D eigenvalue weighted by molar-refractivity contribution is 6.07. The number of nitrogens with zero attached hydrogens (tertiary/aromatic N) is 2. The zero-order chi connectivity index (χ0) is 21.5. The minimum absolute atomic E-state index is 0.287. The summed E-state index contributed by atoms with van der Waals surface area (Å²) in [7, 11) is 0. The fraction of sp³-hybridized carbons (Fsp3) is 0.115. The van der Waals surface area contributed by atoms with Crippen molar-refractivity contribution in [1.29, 1.82) is 0 Å². The number of benzene rings is 2. The van der Waals surface area contributed by atoms with Crippen molar-refractivity contribution in [3.05, 3.63) is 96.0 Å². The maximum absolute atomic E-state index is 12.9. The van der Waals surface area contributed by atoms with Crippen molar-refractivity contribution < 1.29 is 9.21 Å². The lowest BCUT2D eigenvalue weighted by atomic mass is 10.0. The first-order valence-electron chi connectivity index (χ1n) is 10.3. The van der Waals surface area contributed by atoms with Crippen molar-refractivity contribution in [2.45, 2.75) is 19.8 Å². The summed E-state index contributed by atoms with van der Waals surface area (Å²) in [4.78, 5) is 17.6. The van der Waals surface area contributed by atoms with Crippen LogP contribution in [0.2, 0.25) is 0 Å². The second-order valence-electron chi connectivity index (χ2n) is 7.11. The maximum atomic E-state index is 12.9. The summed E-state index contributed by atoms with van der Waals surface area (Å²) < 4.78 is 5.21. The Morgan fingerprint density at radius 3 is 2.71 bits per heavy atom. The molecule has 4 aromatic rings. The second kappa shape index (κ2) is 9.67. The summed E-state index contributed by atoms with van der Waals surface area (Å²) in [5.41, 5.74) is 6.93. The van der Waals surface area contributed by atoms with Gasteiger partial charge in [0.2, 0.25) is 0 Å². The van der Waals surface area contributed by atoms with E-state index < -0.39 is 0 Å². The van der Waals surface area contributed by atoms with Crippen LogP contribution in [-0.2, 0) is 6.42 Å². The van der Waals surface area contributed by atoms with Crippen molar-refractivity contribution in [3.63, 3.8) is 0 Å². The number of fused-ring (bicyclic) bond motifs is 1. The fourth-order valence-corrected chi connectivity index (χ4v) is 3.37. The number of hydrogen-bond donors (Lipinski definition) is 1. The van der Waals surface area contributed by atoms with Crippen LogP contribution in [0.15, 0.2) is 88.6 Å². The number of aromatic nitrogens is 1. The highest BCUT2D eigenvalue weighted by Gasteiger charge is 2.13. The fourth-order valence-electron chi connectivity index (χ4n) is 3.37. The molecule has 0 aliphatic carbocycles. The molecule has 0 aliphatic heterocycles. The van der Waals surface area contributed by atoms with E-state index in [9.17, 15) is 4.79 Å². The molecule has 0 saturated heterocycles. The van der Waals surface area contributed by atoms with Crippen LogP contribution in [0.5, 0.6) is 0 Å². The van der Waals surface area contributed by atoms with Gasteiger partial charge in [-0.15, -0.1) is 0 Å². The number of hydrogen-bond acceptors (Lipinski definition) is 4. The summed E-state index contributed by atoms with van der Waals surface area (Å²) in [6, 6.07) is 21.4. The number of para-hydroxylation sites is 1. The van der Waals surface area contributed by atoms with E-state index in [4.69, 9.17) is 9.40 Å². The van der Waals surface area contributed by atoms with Gasteiger partial charge in [-0.05, 0) is 48.4 Å². The Balaban J connectivity index is 1.59. The summed E-state index contributed by atoms with van der Waals surface area (Å²) in [6.45, 7) is 2.17. The summed E-state index contributed by atoms with van der Waals surface area (Å²) >= 11 is 0. The molecule has 5 heteroatoms. The van der Waals surface area contributed by atoms with Gasteiger partial charge in [0, 0.05) is 17.2 Å². The number of allylic oxidation sites excluding steroid dienone is 1. The molecule has 0 bridgehead atoms. The molecule has 2 aromatic heterocycles. The Hall–Kier alpha value is -3.99. The number of carbonyl (C=O) groups excluding carboxylic acids is 1. The monoisotopic (exact) mass is 409 g/mol. The highest BCUT2D eigenvalue weighted by atomic mass is 16.3. The number of nitrogens with one attached hydrogen (secondary N) is 1. The SMILES string of the molecule is CCCc1ccc(-c2cc(C(=O)N/N=C/C=C/c3ccco3)c3ccccc3n2)cc1. The molecule has 31 heavy (non-hydrogen) atoms. The van der Waals surface area contributed by atoms with Gasteiger partial charge in [0.05, 0.1) is 23.0 Å². The molecule has 0 spiro atoms. The van der Waals surface area contributed by atoms with E-state index in [1.165, 1.54) is 11.8 Å². The van der Waals surface area contributed by atoms with Crippen LogP contribution in [0.3, 0.4) is 0 Å². The van der Waals surface area contributed by atoms with Crippen LogP contribution >= 0.6 is 0 Å². The van der Waals surface area contributed by atoms with Crippen LogP contribution in [0, 0.1) is 0 Å². The first kappa shape index (κ1) is 20.3. The minimum Gasteiger partial charge on any atom is -0.465 e. The lowest BCUT2D eigenvalue weighted by molar-refractivity contribution is 0.0957. The van der Waals surface area contributed by atoms with Crippen molar-refractivity contribution in [2.24, 2.45) is 5.10 Å². The zero-order valence-electron chi connectivity index (χ0n) is 17.3. The summed E-state index contributed by atoms with van der Waals surface area (Å²) in [6.07, 6.45) is 8.73. The predicted octanol–water partition coefficient (Wildman–Crippen LogP) is 5.88. The second-order valence-corrected chi connectivity index (χ2v) is 7.11. The third kappa shape index (κ3) is 4.95. The van der Waals surface area contributed by atoms with Gasteiger partial charge >= 0.3 is 0 Å². The molecular weight excluding hydrogens is 386 g/mol. The molecule has 1 amide bonds. The average molecular weight is 409 g/mol. The van der Waals surface area contributed by atoms with Gasteiger partial charge in [-0.1, -0.05) is 55.8 Å². The summed E-state index contributed by atoms with van der Waals surface area (Å²) in [5, 5.41) is 4.80. The maximum Gasteiger partial charge on any atom is 0.272 e. The topological polar surface area (TPSA) is 67.5 Å². The van der Waals surface area contributed by atoms with E-state index in [0.29, 0.717) is 11.3 Å². The van der Waals surface area contributed by atoms with E-state index in [1.54, 1.807) is 18.4 Å². The van der Waals surface area contributed by atoms with Gasteiger partial charge in [-0.3, -0.25) is 4.79 Å². The minimum atomic E-state index is -0.287. The first-order chi connectivity index (χ1) is 15.2. The van der Waals surface area contributed by atoms with Crippen LogP contribution < -0.4 is 5.43 Å². The average Bonchev–Trinajstić information content (AvgIpc) is 3.32. The largest absolute Gasteiger partial charge is 0.465 e. The Morgan fingerprint density at radius 2 is 1.94 bits per heavy atom. The van der Waals surface area contributed by atoms with Crippen molar-refractivity contribution in [3.8, 4) is 11.3 Å². The van der Waals surface area contributed by atoms with E-state index in [0.717, 1.165) is 35.0 Å². The van der Waals surface area contributed by atoms with Gasteiger partial charge in [-0.2, -0.15) is 5.10 Å². The molecule has 4 rings (SSSR count). The number of pyridine rings is 1. The molecule has 0 atom stereocenters. The zero-order valence-corrected chi connectivity index (χ0v) is 17.3. The van der Waals surface area contributed by atoms with Gasteiger partial charge in [0.15, 0.2) is 0 Å². The Labute approximate surface area is 181 Å². The third-order valence-electron chi connectivity index (χ3n) is 4.88. The van der Waals surface area contributed by atoms with Gasteiger partial charge in [0.1, 0.15) is 5.76 Å². The van der Waals surface area contributed by atoms with Crippen LogP contribution in [0.1, 0.15) is 35.0 Å². The molecule has 5 nitrogen and oxygen atoms in total. The molecule has 2 aromatic carbocycles. The standard InChI is InChI=1S/C26H23N3O2/c1-2-7-19-12-14-20(15-13-19)25-18-23(22-10-3-4-11-24(22)28-25)26(30)29-27-16-5-8-21-9-6-17-31-21/h3-6,8-18H,2,7H2,1H3,(H,29,30)/b8-5+,27-16+. The molecule has 0 unspecified atom stereocenters. The number of rotatable bonds is 7. The molecule has 1 N–H and O–H groups in total. The lowest BCUT2D eigenvalue weighted by Crippen LogP contribution is -2.18. The third-order valence-corrected chi connectivity index (χ3v) is 4.88. The number of carbonyl (C=O) groups is 1. The van der Waals surface area contributed by atoms with E-state index in [2.05, 4.69) is 41.7 Å². The quantitative estimate of drug-likeness (QED) is 0.306. The van der Waals surface area contributed by atoms with Crippen molar-refractivity contribution in [1.82, 2.24) is 10.4 Å².